The largest absolute Gasteiger partial charge is 0.477 e. The minimum atomic E-state index is -0.882. The number of likely N-dealkylation sites (N-methyl/N-ethyl adjacent to an activating group) is 1. The third kappa shape index (κ3) is 43.7. The molecule has 0 bridgehead atoms. The number of unbranched alkanes of at least 4 members (excludes halogenated alkanes) is 20. The highest BCUT2D eigenvalue weighted by Gasteiger charge is 2.31. The summed E-state index contributed by atoms with van der Waals surface area (Å²) in [5, 5.41) is 9.65. The minimum Gasteiger partial charge on any atom is -0.477 e. The zero-order chi connectivity index (χ0) is 47.0. The molecule has 2 atom stereocenters. The number of carbonyl (C=O) groups is 3. The van der Waals surface area contributed by atoms with Crippen molar-refractivity contribution in [3.8, 4) is 0 Å². The molecule has 0 aliphatic heterocycles. The van der Waals surface area contributed by atoms with E-state index in [2.05, 4.69) is 98.9 Å². The van der Waals surface area contributed by atoms with Crippen molar-refractivity contribution in [3.05, 3.63) is 85.1 Å². The van der Waals surface area contributed by atoms with Gasteiger partial charge in [0.05, 0.1) is 34.4 Å². The normalized spacial score (nSPS) is 13.6. The zero-order valence-electron chi connectivity index (χ0n) is 41.7. The second-order valence-corrected chi connectivity index (χ2v) is 18.2. The molecule has 0 aliphatic rings. The molecular formula is C56H96NO7+. The molecule has 0 amide bonds. The molecule has 2 unspecified atom stereocenters. The summed E-state index contributed by atoms with van der Waals surface area (Å²) >= 11 is 0. The third-order valence-electron chi connectivity index (χ3n) is 11.1. The molecule has 8 nitrogen and oxygen atoms in total. The van der Waals surface area contributed by atoms with Crippen molar-refractivity contribution in [2.75, 3.05) is 41.0 Å². The van der Waals surface area contributed by atoms with Gasteiger partial charge in [0, 0.05) is 19.3 Å². The number of carboxylic acids is 1. The van der Waals surface area contributed by atoms with Gasteiger partial charge in [-0.3, -0.25) is 9.59 Å². The van der Waals surface area contributed by atoms with E-state index in [0.717, 1.165) is 83.5 Å². The van der Waals surface area contributed by atoms with Crippen LogP contribution in [0.1, 0.15) is 200 Å². The van der Waals surface area contributed by atoms with Gasteiger partial charge in [-0.15, -0.1) is 0 Å². The summed E-state index contributed by atoms with van der Waals surface area (Å²) in [5.74, 6) is -1.51. The van der Waals surface area contributed by atoms with Crippen LogP contribution in [-0.2, 0) is 28.6 Å². The summed E-state index contributed by atoms with van der Waals surface area (Å²) in [7, 11) is 5.52. The summed E-state index contributed by atoms with van der Waals surface area (Å²) in [6.45, 7) is 4.64. The lowest BCUT2D eigenvalue weighted by Crippen LogP contribution is -2.50. The van der Waals surface area contributed by atoms with Gasteiger partial charge in [-0.2, -0.15) is 0 Å². The first-order valence-corrected chi connectivity index (χ1v) is 25.7. The SMILES string of the molecule is CCCCC/C=C/C=C/C=C/C=C/CCCCCCCC(=O)OC(COCCC(C(=O)O)[N+](C)(C)C)COC(=O)CCCCCCCCCCC/C=C/C/C=C/C/C=C/CCCCC. The highest BCUT2D eigenvalue weighted by Crippen LogP contribution is 2.14. The molecule has 0 rings (SSSR count). The van der Waals surface area contributed by atoms with Gasteiger partial charge >= 0.3 is 17.9 Å². The molecule has 0 saturated carbocycles. The van der Waals surface area contributed by atoms with Crippen LogP contribution >= 0.6 is 0 Å². The van der Waals surface area contributed by atoms with Gasteiger partial charge in [0.1, 0.15) is 6.61 Å². The van der Waals surface area contributed by atoms with Crippen molar-refractivity contribution in [2.24, 2.45) is 0 Å². The summed E-state index contributed by atoms with van der Waals surface area (Å²) in [5.41, 5.74) is 0. The van der Waals surface area contributed by atoms with Gasteiger partial charge in [-0.1, -0.05) is 189 Å². The van der Waals surface area contributed by atoms with Gasteiger partial charge < -0.3 is 23.8 Å². The molecule has 0 aromatic carbocycles. The van der Waals surface area contributed by atoms with Crippen molar-refractivity contribution in [3.63, 3.8) is 0 Å². The number of carboxylic acid groups (broad SMARTS) is 1. The van der Waals surface area contributed by atoms with Crippen molar-refractivity contribution in [1.82, 2.24) is 0 Å². The lowest BCUT2D eigenvalue weighted by Gasteiger charge is -2.31. The van der Waals surface area contributed by atoms with E-state index >= 15 is 0 Å². The Labute approximate surface area is 393 Å². The molecule has 0 heterocycles. The number of hydrogen-bond acceptors (Lipinski definition) is 6. The number of carbonyl (C=O) groups excluding carboxylic acids is 2. The molecule has 0 radical (unpaired) electrons. The average Bonchev–Trinajstić information content (AvgIpc) is 3.26. The molecule has 8 heteroatoms. The zero-order valence-corrected chi connectivity index (χ0v) is 41.7. The maximum atomic E-state index is 12.8. The van der Waals surface area contributed by atoms with Crippen LogP contribution in [0.5, 0.6) is 0 Å². The maximum Gasteiger partial charge on any atom is 0.362 e. The van der Waals surface area contributed by atoms with E-state index in [1.54, 1.807) is 0 Å². The number of allylic oxidation sites excluding steroid dienone is 14. The monoisotopic (exact) mass is 895 g/mol. The Kier molecular flexibility index (Phi) is 43.5. The van der Waals surface area contributed by atoms with Gasteiger partial charge in [0.2, 0.25) is 0 Å². The summed E-state index contributed by atoms with van der Waals surface area (Å²) in [4.78, 5) is 37.2. The van der Waals surface area contributed by atoms with Crippen molar-refractivity contribution in [1.29, 1.82) is 0 Å². The molecule has 366 valence electrons. The Morgan fingerprint density at radius 2 is 0.891 bits per heavy atom. The number of aliphatic carboxylic acids is 1. The third-order valence-corrected chi connectivity index (χ3v) is 11.1. The molecule has 64 heavy (non-hydrogen) atoms. The van der Waals surface area contributed by atoms with Crippen molar-refractivity contribution >= 4 is 17.9 Å². The van der Waals surface area contributed by atoms with Crippen LogP contribution < -0.4 is 0 Å². The number of quaternary nitrogens is 1. The fraction of sp³-hybridized carbons (Fsp3) is 0.696. The smallest absolute Gasteiger partial charge is 0.362 e. The van der Waals surface area contributed by atoms with Crippen LogP contribution in [0.2, 0.25) is 0 Å². The van der Waals surface area contributed by atoms with Gasteiger partial charge in [0.25, 0.3) is 0 Å². The Bertz CT molecular complexity index is 1320. The van der Waals surface area contributed by atoms with Crippen LogP contribution in [0, 0.1) is 0 Å². The second kappa shape index (κ2) is 46.1. The lowest BCUT2D eigenvalue weighted by molar-refractivity contribution is -0.887. The first kappa shape index (κ1) is 60.5. The Hall–Kier alpha value is -3.49. The first-order chi connectivity index (χ1) is 31.1. The number of rotatable bonds is 45. The fourth-order valence-electron chi connectivity index (χ4n) is 7.11. The number of esters is 2. The second-order valence-electron chi connectivity index (χ2n) is 18.2. The average molecular weight is 895 g/mol. The summed E-state index contributed by atoms with van der Waals surface area (Å²) in [6.07, 6.45) is 60.5. The van der Waals surface area contributed by atoms with Crippen LogP contribution in [0.15, 0.2) is 85.1 Å². The van der Waals surface area contributed by atoms with E-state index in [4.69, 9.17) is 14.2 Å². The topological polar surface area (TPSA) is 99.1 Å². The molecule has 0 fully saturated rings. The molecule has 0 aromatic heterocycles. The van der Waals surface area contributed by atoms with Crippen LogP contribution in [0.3, 0.4) is 0 Å². The quantitative estimate of drug-likeness (QED) is 0.0214. The summed E-state index contributed by atoms with van der Waals surface area (Å²) in [6, 6.07) is -0.625. The van der Waals surface area contributed by atoms with E-state index in [1.165, 1.54) is 83.5 Å². The summed E-state index contributed by atoms with van der Waals surface area (Å²) < 4.78 is 17.3. The molecule has 0 aliphatic carbocycles. The predicted molar refractivity (Wildman–Crippen MR) is 270 cm³/mol. The first-order valence-electron chi connectivity index (χ1n) is 25.7. The standard InChI is InChI=1S/C56H95NO7/c1-6-8-10-12-14-16-18-20-22-24-26-27-28-29-31-32-34-36-38-40-42-44-46-54(58)63-51-52(50-62-49-48-53(56(60)61)57(3,4)5)64-55(59)47-45-43-41-39-37-35-33-30-25-23-21-19-17-15-13-11-9-7-2/h14-17,19-23,25-27,30,33,52-53H,6-13,18,24,28-29,31-32,34-51H2,1-5H3/p+1/b16-14+,17-15+,21-19+,22-20+,25-23+,27-26+,33-30+. The van der Waals surface area contributed by atoms with Crippen molar-refractivity contribution in [2.45, 2.75) is 212 Å². The van der Waals surface area contributed by atoms with Gasteiger partial charge in [-0.05, 0) is 77.0 Å². The predicted octanol–water partition coefficient (Wildman–Crippen LogP) is 14.9. The molecule has 0 saturated heterocycles. The minimum absolute atomic E-state index is 0.0452. The number of ether oxygens (including phenoxy) is 3. The number of nitrogens with zero attached hydrogens (tertiary/aromatic N) is 1. The van der Waals surface area contributed by atoms with E-state index < -0.39 is 18.1 Å². The fourth-order valence-corrected chi connectivity index (χ4v) is 7.11. The molecular weight excluding hydrogens is 799 g/mol. The molecule has 0 spiro atoms. The van der Waals surface area contributed by atoms with E-state index in [1.807, 2.05) is 21.1 Å². The Morgan fingerprint density at radius 1 is 0.484 bits per heavy atom. The Balaban J connectivity index is 4.31. The number of hydrogen-bond donors (Lipinski definition) is 1. The van der Waals surface area contributed by atoms with Crippen molar-refractivity contribution < 1.29 is 38.2 Å². The maximum absolute atomic E-state index is 12.8. The van der Waals surface area contributed by atoms with E-state index in [-0.39, 0.29) is 36.2 Å². The highest BCUT2D eigenvalue weighted by molar-refractivity contribution is 5.72. The molecule has 1 N–H and O–H groups in total. The van der Waals surface area contributed by atoms with E-state index in [0.29, 0.717) is 19.3 Å². The Morgan fingerprint density at radius 3 is 1.36 bits per heavy atom. The van der Waals surface area contributed by atoms with Gasteiger partial charge in [-0.25, -0.2) is 4.79 Å². The lowest BCUT2D eigenvalue weighted by atomic mass is 10.1. The highest BCUT2D eigenvalue weighted by atomic mass is 16.6. The van der Waals surface area contributed by atoms with E-state index in [9.17, 15) is 19.5 Å². The van der Waals surface area contributed by atoms with Gasteiger partial charge in [0.15, 0.2) is 12.1 Å². The van der Waals surface area contributed by atoms with Crippen LogP contribution in [-0.4, -0.2) is 80.6 Å². The van der Waals surface area contributed by atoms with Crippen LogP contribution in [0.25, 0.3) is 0 Å². The van der Waals surface area contributed by atoms with Crippen LogP contribution in [0.4, 0.5) is 0 Å². The molecule has 0 aromatic rings.